The highest BCUT2D eigenvalue weighted by Crippen LogP contribution is 2.16. The maximum atomic E-state index is 4.34. The lowest BCUT2D eigenvalue weighted by molar-refractivity contribution is 0.863. The fourth-order valence-corrected chi connectivity index (χ4v) is 1.82. The SMILES string of the molecule is CC(Nc1ncc2[nH]cnc2n1)c1ccccc1. The first kappa shape index (κ1) is 10.7. The van der Waals surface area contributed by atoms with Crippen molar-refractivity contribution in [3.05, 3.63) is 48.4 Å². The van der Waals surface area contributed by atoms with E-state index in [0.717, 1.165) is 5.52 Å². The molecule has 5 heteroatoms. The van der Waals surface area contributed by atoms with Crippen LogP contribution in [-0.4, -0.2) is 19.9 Å². The monoisotopic (exact) mass is 239 g/mol. The third kappa shape index (κ3) is 2.02. The second-order valence-electron chi connectivity index (χ2n) is 4.11. The van der Waals surface area contributed by atoms with Gasteiger partial charge in [0.25, 0.3) is 0 Å². The first-order chi connectivity index (χ1) is 8.83. The van der Waals surface area contributed by atoms with Crippen molar-refractivity contribution in [1.82, 2.24) is 19.9 Å². The van der Waals surface area contributed by atoms with Crippen molar-refractivity contribution in [2.45, 2.75) is 13.0 Å². The number of fused-ring (bicyclic) bond motifs is 1. The van der Waals surface area contributed by atoms with Crippen molar-refractivity contribution >= 4 is 17.1 Å². The van der Waals surface area contributed by atoms with Gasteiger partial charge in [-0.05, 0) is 12.5 Å². The van der Waals surface area contributed by atoms with Crippen molar-refractivity contribution in [1.29, 1.82) is 0 Å². The average molecular weight is 239 g/mol. The van der Waals surface area contributed by atoms with Gasteiger partial charge in [-0.2, -0.15) is 4.98 Å². The van der Waals surface area contributed by atoms with Crippen molar-refractivity contribution in [3.8, 4) is 0 Å². The van der Waals surface area contributed by atoms with Gasteiger partial charge in [0, 0.05) is 0 Å². The van der Waals surface area contributed by atoms with E-state index in [1.54, 1.807) is 12.5 Å². The van der Waals surface area contributed by atoms with Gasteiger partial charge in [-0.1, -0.05) is 30.3 Å². The smallest absolute Gasteiger partial charge is 0.225 e. The quantitative estimate of drug-likeness (QED) is 0.737. The molecule has 0 spiro atoms. The van der Waals surface area contributed by atoms with E-state index < -0.39 is 0 Å². The number of benzene rings is 1. The Morgan fingerprint density at radius 3 is 2.83 bits per heavy atom. The largest absolute Gasteiger partial charge is 0.348 e. The summed E-state index contributed by atoms with van der Waals surface area (Å²) in [6.45, 7) is 2.08. The van der Waals surface area contributed by atoms with Gasteiger partial charge in [0.15, 0.2) is 5.65 Å². The summed E-state index contributed by atoms with van der Waals surface area (Å²) in [5, 5.41) is 3.26. The Labute approximate surface area is 104 Å². The highest BCUT2D eigenvalue weighted by molar-refractivity contribution is 5.69. The van der Waals surface area contributed by atoms with E-state index in [4.69, 9.17) is 0 Å². The summed E-state index contributed by atoms with van der Waals surface area (Å²) >= 11 is 0. The number of hydrogen-bond acceptors (Lipinski definition) is 4. The molecule has 18 heavy (non-hydrogen) atoms. The molecule has 2 aromatic heterocycles. The summed E-state index contributed by atoms with van der Waals surface area (Å²) in [5.41, 5.74) is 2.71. The highest BCUT2D eigenvalue weighted by atomic mass is 15.1. The molecule has 0 aliphatic rings. The maximum Gasteiger partial charge on any atom is 0.225 e. The van der Waals surface area contributed by atoms with E-state index in [9.17, 15) is 0 Å². The summed E-state index contributed by atoms with van der Waals surface area (Å²) in [5.74, 6) is 0.589. The molecule has 3 aromatic rings. The first-order valence-corrected chi connectivity index (χ1v) is 5.80. The van der Waals surface area contributed by atoms with Crippen LogP contribution in [0.3, 0.4) is 0 Å². The third-order valence-electron chi connectivity index (χ3n) is 2.82. The molecule has 90 valence electrons. The van der Waals surface area contributed by atoms with Gasteiger partial charge < -0.3 is 10.3 Å². The summed E-state index contributed by atoms with van der Waals surface area (Å²) in [6, 6.07) is 10.3. The van der Waals surface area contributed by atoms with Gasteiger partial charge in [-0.15, -0.1) is 0 Å². The van der Waals surface area contributed by atoms with Crippen molar-refractivity contribution in [2.75, 3.05) is 5.32 Å². The van der Waals surface area contributed by atoms with Crippen LogP contribution in [0.4, 0.5) is 5.95 Å². The standard InChI is InChI=1S/C13H13N5/c1-9(10-5-3-2-4-6-10)17-13-14-7-11-12(18-13)16-8-15-11/h2-9H,1H3,(H2,14,15,16,17,18). The zero-order valence-corrected chi connectivity index (χ0v) is 9.96. The number of rotatable bonds is 3. The molecule has 0 aliphatic carbocycles. The number of imidazole rings is 1. The van der Waals surface area contributed by atoms with Crippen LogP contribution in [0.2, 0.25) is 0 Å². The molecular weight excluding hydrogens is 226 g/mol. The average Bonchev–Trinajstić information content (AvgIpc) is 2.87. The Morgan fingerprint density at radius 1 is 1.17 bits per heavy atom. The van der Waals surface area contributed by atoms with Crippen LogP contribution in [0.1, 0.15) is 18.5 Å². The van der Waals surface area contributed by atoms with Crippen LogP contribution in [0.25, 0.3) is 11.2 Å². The highest BCUT2D eigenvalue weighted by Gasteiger charge is 2.07. The van der Waals surface area contributed by atoms with Crippen molar-refractivity contribution in [2.24, 2.45) is 0 Å². The molecule has 0 saturated heterocycles. The number of hydrogen-bond donors (Lipinski definition) is 2. The van der Waals surface area contributed by atoms with Gasteiger partial charge in [0.1, 0.15) is 5.52 Å². The van der Waals surface area contributed by atoms with E-state index >= 15 is 0 Å². The number of aromatic amines is 1. The topological polar surface area (TPSA) is 66.5 Å². The number of nitrogens with zero attached hydrogens (tertiary/aromatic N) is 3. The lowest BCUT2D eigenvalue weighted by Gasteiger charge is -2.13. The van der Waals surface area contributed by atoms with E-state index in [2.05, 4.69) is 44.3 Å². The summed E-state index contributed by atoms with van der Waals surface area (Å²) < 4.78 is 0. The van der Waals surface area contributed by atoms with E-state index in [1.165, 1.54) is 5.56 Å². The molecule has 5 nitrogen and oxygen atoms in total. The zero-order valence-electron chi connectivity index (χ0n) is 9.96. The second kappa shape index (κ2) is 4.44. The van der Waals surface area contributed by atoms with Crippen molar-refractivity contribution in [3.63, 3.8) is 0 Å². The zero-order chi connectivity index (χ0) is 12.4. The lowest BCUT2D eigenvalue weighted by Crippen LogP contribution is -2.09. The normalized spacial score (nSPS) is 12.5. The Morgan fingerprint density at radius 2 is 2.00 bits per heavy atom. The number of nitrogens with one attached hydrogen (secondary N) is 2. The molecule has 0 saturated carbocycles. The van der Waals surface area contributed by atoms with Gasteiger partial charge in [0.05, 0.1) is 18.6 Å². The molecule has 0 radical (unpaired) electrons. The minimum atomic E-state index is 0.155. The Bertz CT molecular complexity index is 647. The number of aromatic nitrogens is 4. The fourth-order valence-electron chi connectivity index (χ4n) is 1.82. The molecular formula is C13H13N5. The minimum Gasteiger partial charge on any atom is -0.348 e. The van der Waals surface area contributed by atoms with Gasteiger partial charge >= 0.3 is 0 Å². The molecule has 0 aliphatic heterocycles. The summed E-state index contributed by atoms with van der Waals surface area (Å²) in [4.78, 5) is 15.7. The van der Waals surface area contributed by atoms with Crippen LogP contribution >= 0.6 is 0 Å². The predicted octanol–water partition coefficient (Wildman–Crippen LogP) is 2.53. The lowest BCUT2D eigenvalue weighted by atomic mass is 10.1. The van der Waals surface area contributed by atoms with Crippen LogP contribution in [0.15, 0.2) is 42.9 Å². The Hall–Kier alpha value is -2.43. The van der Waals surface area contributed by atoms with Crippen LogP contribution in [-0.2, 0) is 0 Å². The third-order valence-corrected chi connectivity index (χ3v) is 2.82. The van der Waals surface area contributed by atoms with Gasteiger partial charge in [-0.25, -0.2) is 9.97 Å². The fraction of sp³-hybridized carbons (Fsp3) is 0.154. The molecule has 0 amide bonds. The molecule has 0 fully saturated rings. The molecule has 0 bridgehead atoms. The summed E-state index contributed by atoms with van der Waals surface area (Å²) in [6.07, 6.45) is 3.35. The first-order valence-electron chi connectivity index (χ1n) is 5.80. The number of anilines is 1. The molecule has 2 N–H and O–H groups in total. The second-order valence-corrected chi connectivity index (χ2v) is 4.11. The van der Waals surface area contributed by atoms with E-state index in [0.29, 0.717) is 11.6 Å². The Balaban J connectivity index is 1.83. The molecule has 2 heterocycles. The van der Waals surface area contributed by atoms with Gasteiger partial charge in [0.2, 0.25) is 5.95 Å². The molecule has 3 rings (SSSR count). The van der Waals surface area contributed by atoms with Crippen LogP contribution < -0.4 is 5.32 Å². The van der Waals surface area contributed by atoms with Crippen LogP contribution in [0.5, 0.6) is 0 Å². The van der Waals surface area contributed by atoms with E-state index in [1.807, 2.05) is 18.2 Å². The van der Waals surface area contributed by atoms with Crippen molar-refractivity contribution < 1.29 is 0 Å². The van der Waals surface area contributed by atoms with E-state index in [-0.39, 0.29) is 6.04 Å². The molecule has 1 unspecified atom stereocenters. The maximum absolute atomic E-state index is 4.34. The Kier molecular flexibility index (Phi) is 2.64. The minimum absolute atomic E-state index is 0.155. The number of H-pyrrole nitrogens is 1. The predicted molar refractivity (Wildman–Crippen MR) is 70.2 cm³/mol. The molecule has 1 aromatic carbocycles. The van der Waals surface area contributed by atoms with Gasteiger partial charge in [-0.3, -0.25) is 0 Å². The van der Waals surface area contributed by atoms with Crippen LogP contribution in [0, 0.1) is 0 Å². The summed E-state index contributed by atoms with van der Waals surface area (Å²) in [7, 11) is 0. The molecule has 1 atom stereocenters.